The molecule has 0 aliphatic heterocycles. The summed E-state index contributed by atoms with van der Waals surface area (Å²) in [5, 5.41) is 0. The SMILES string of the molecule is NC(=O)[C@@H](N)CCCCCS. The maximum Gasteiger partial charge on any atom is 0.234 e. The predicted octanol–water partition coefficient (Wildman–Crippen LogP) is 0.289. The van der Waals surface area contributed by atoms with Gasteiger partial charge in [-0.1, -0.05) is 12.8 Å². The minimum absolute atomic E-state index is 0.407. The van der Waals surface area contributed by atoms with E-state index < -0.39 is 11.9 Å². The van der Waals surface area contributed by atoms with Gasteiger partial charge in [-0.3, -0.25) is 4.79 Å². The van der Waals surface area contributed by atoms with Crippen molar-refractivity contribution in [2.75, 3.05) is 5.75 Å². The highest BCUT2D eigenvalue weighted by Gasteiger charge is 2.06. The summed E-state index contributed by atoms with van der Waals surface area (Å²) in [5.41, 5.74) is 10.4. The van der Waals surface area contributed by atoms with Crippen molar-refractivity contribution in [3.63, 3.8) is 0 Å². The van der Waals surface area contributed by atoms with E-state index in [0.29, 0.717) is 6.42 Å². The molecule has 11 heavy (non-hydrogen) atoms. The third-order valence-corrected chi connectivity index (χ3v) is 1.85. The van der Waals surface area contributed by atoms with E-state index in [1.54, 1.807) is 0 Å². The zero-order chi connectivity index (χ0) is 8.69. The molecule has 0 radical (unpaired) electrons. The van der Waals surface area contributed by atoms with Crippen molar-refractivity contribution in [1.82, 2.24) is 0 Å². The van der Waals surface area contributed by atoms with Crippen molar-refractivity contribution in [2.45, 2.75) is 31.7 Å². The number of thiol groups is 1. The first-order valence-corrected chi connectivity index (χ1v) is 4.47. The van der Waals surface area contributed by atoms with Gasteiger partial charge < -0.3 is 11.5 Å². The lowest BCUT2D eigenvalue weighted by Gasteiger charge is -2.05. The first kappa shape index (κ1) is 10.8. The Morgan fingerprint density at radius 2 is 2.00 bits per heavy atom. The Labute approximate surface area is 72.9 Å². The number of rotatable bonds is 6. The Morgan fingerprint density at radius 3 is 2.45 bits per heavy atom. The first-order valence-electron chi connectivity index (χ1n) is 3.84. The molecule has 1 atom stereocenters. The quantitative estimate of drug-likeness (QED) is 0.402. The van der Waals surface area contributed by atoms with Crippen molar-refractivity contribution in [3.8, 4) is 0 Å². The summed E-state index contributed by atoms with van der Waals surface area (Å²) in [6.07, 6.45) is 3.81. The highest BCUT2D eigenvalue weighted by atomic mass is 32.1. The van der Waals surface area contributed by atoms with Crippen LogP contribution < -0.4 is 11.5 Å². The Morgan fingerprint density at radius 1 is 1.36 bits per heavy atom. The number of unbranched alkanes of at least 4 members (excludes halogenated alkanes) is 2. The number of hydrogen-bond donors (Lipinski definition) is 3. The standard InChI is InChI=1S/C7H16N2OS/c8-6(7(9)10)4-2-1-3-5-11/h6,11H,1-5,8H2,(H2,9,10)/t6-/m0/s1. The van der Waals surface area contributed by atoms with Crippen molar-refractivity contribution in [3.05, 3.63) is 0 Å². The predicted molar refractivity (Wildman–Crippen MR) is 49.5 cm³/mol. The lowest BCUT2D eigenvalue weighted by molar-refractivity contribution is -0.119. The summed E-state index contributed by atoms with van der Waals surface area (Å²) in [6, 6.07) is -0.463. The smallest absolute Gasteiger partial charge is 0.234 e. The van der Waals surface area contributed by atoms with Crippen LogP contribution in [0.2, 0.25) is 0 Å². The lowest BCUT2D eigenvalue weighted by Crippen LogP contribution is -2.36. The fraction of sp³-hybridized carbons (Fsp3) is 0.857. The monoisotopic (exact) mass is 176 g/mol. The van der Waals surface area contributed by atoms with E-state index in [-0.39, 0.29) is 0 Å². The van der Waals surface area contributed by atoms with Crippen LogP contribution >= 0.6 is 12.6 Å². The molecule has 4 heteroatoms. The molecule has 0 bridgehead atoms. The van der Waals surface area contributed by atoms with Gasteiger partial charge in [-0.15, -0.1) is 0 Å². The zero-order valence-corrected chi connectivity index (χ0v) is 7.52. The maximum absolute atomic E-state index is 10.4. The molecule has 0 rings (SSSR count). The number of nitrogens with two attached hydrogens (primary N) is 2. The second-order valence-corrected chi connectivity index (χ2v) is 3.03. The van der Waals surface area contributed by atoms with Gasteiger partial charge in [0.1, 0.15) is 0 Å². The largest absolute Gasteiger partial charge is 0.368 e. The molecule has 0 aromatic heterocycles. The molecule has 0 heterocycles. The van der Waals surface area contributed by atoms with Crippen molar-refractivity contribution < 1.29 is 4.79 Å². The Hall–Kier alpha value is -0.220. The Kier molecular flexibility index (Phi) is 6.36. The topological polar surface area (TPSA) is 69.1 Å². The van der Waals surface area contributed by atoms with Gasteiger partial charge in [-0.05, 0) is 18.6 Å². The van der Waals surface area contributed by atoms with Crippen LogP contribution in [0.3, 0.4) is 0 Å². The maximum atomic E-state index is 10.4. The molecule has 0 saturated heterocycles. The molecule has 0 saturated carbocycles. The fourth-order valence-electron chi connectivity index (χ4n) is 0.795. The Balaban J connectivity index is 3.17. The molecule has 66 valence electrons. The summed E-state index contributed by atoms with van der Waals surface area (Å²) in [7, 11) is 0. The third kappa shape index (κ3) is 6.19. The van der Waals surface area contributed by atoms with Crippen LogP contribution in [-0.2, 0) is 4.79 Å². The van der Waals surface area contributed by atoms with Crippen LogP contribution in [0, 0.1) is 0 Å². The van der Waals surface area contributed by atoms with Gasteiger partial charge in [0.05, 0.1) is 6.04 Å². The van der Waals surface area contributed by atoms with Crippen LogP contribution in [0.15, 0.2) is 0 Å². The molecule has 0 aromatic carbocycles. The number of carbonyl (C=O) groups is 1. The van der Waals surface area contributed by atoms with Crippen LogP contribution in [-0.4, -0.2) is 17.7 Å². The van der Waals surface area contributed by atoms with E-state index in [1.165, 1.54) is 0 Å². The molecule has 4 N–H and O–H groups in total. The van der Waals surface area contributed by atoms with Gasteiger partial charge in [-0.25, -0.2) is 0 Å². The average molecular weight is 176 g/mol. The first-order chi connectivity index (χ1) is 5.18. The number of hydrogen-bond acceptors (Lipinski definition) is 3. The van der Waals surface area contributed by atoms with Crippen LogP contribution in [0.1, 0.15) is 25.7 Å². The second-order valence-electron chi connectivity index (χ2n) is 2.58. The van der Waals surface area contributed by atoms with Gasteiger partial charge in [0.25, 0.3) is 0 Å². The van der Waals surface area contributed by atoms with Gasteiger partial charge in [-0.2, -0.15) is 12.6 Å². The number of carbonyl (C=O) groups excluding carboxylic acids is 1. The van der Waals surface area contributed by atoms with E-state index >= 15 is 0 Å². The molecular formula is C7H16N2OS. The van der Waals surface area contributed by atoms with Crippen LogP contribution in [0.25, 0.3) is 0 Å². The zero-order valence-electron chi connectivity index (χ0n) is 6.62. The second kappa shape index (κ2) is 6.49. The van der Waals surface area contributed by atoms with E-state index in [0.717, 1.165) is 25.0 Å². The highest BCUT2D eigenvalue weighted by molar-refractivity contribution is 7.80. The molecule has 0 spiro atoms. The van der Waals surface area contributed by atoms with Gasteiger partial charge in [0.15, 0.2) is 0 Å². The molecule has 0 fully saturated rings. The number of primary amides is 1. The average Bonchev–Trinajstić information content (AvgIpc) is 1.97. The fourth-order valence-corrected chi connectivity index (χ4v) is 1.02. The van der Waals surface area contributed by atoms with Crippen molar-refractivity contribution in [2.24, 2.45) is 11.5 Å². The summed E-state index contributed by atoms with van der Waals surface area (Å²) in [5.74, 6) is 0.488. The molecule has 0 aliphatic rings. The number of amides is 1. The molecule has 0 unspecified atom stereocenters. The normalized spacial score (nSPS) is 12.9. The lowest BCUT2D eigenvalue weighted by atomic mass is 10.1. The van der Waals surface area contributed by atoms with Gasteiger partial charge in [0, 0.05) is 0 Å². The minimum atomic E-state index is -0.463. The molecule has 1 amide bonds. The molecule has 0 aliphatic carbocycles. The van der Waals surface area contributed by atoms with Crippen molar-refractivity contribution in [1.29, 1.82) is 0 Å². The van der Waals surface area contributed by atoms with E-state index in [1.807, 2.05) is 0 Å². The van der Waals surface area contributed by atoms with Crippen LogP contribution in [0.4, 0.5) is 0 Å². The van der Waals surface area contributed by atoms with E-state index in [9.17, 15) is 4.79 Å². The third-order valence-electron chi connectivity index (χ3n) is 1.54. The summed E-state index contributed by atoms with van der Waals surface area (Å²) < 4.78 is 0. The van der Waals surface area contributed by atoms with Gasteiger partial charge in [0.2, 0.25) is 5.91 Å². The van der Waals surface area contributed by atoms with Crippen molar-refractivity contribution >= 4 is 18.5 Å². The molecule has 3 nitrogen and oxygen atoms in total. The highest BCUT2D eigenvalue weighted by Crippen LogP contribution is 2.02. The van der Waals surface area contributed by atoms with Crippen LogP contribution in [0.5, 0.6) is 0 Å². The van der Waals surface area contributed by atoms with E-state index in [2.05, 4.69) is 12.6 Å². The minimum Gasteiger partial charge on any atom is -0.368 e. The summed E-state index contributed by atoms with van der Waals surface area (Å²) in [4.78, 5) is 10.4. The summed E-state index contributed by atoms with van der Waals surface area (Å²) in [6.45, 7) is 0. The molecule has 0 aromatic rings. The summed E-state index contributed by atoms with van der Waals surface area (Å²) >= 11 is 4.06. The Bertz CT molecular complexity index is 119. The molecular weight excluding hydrogens is 160 g/mol. The van der Waals surface area contributed by atoms with E-state index in [4.69, 9.17) is 11.5 Å². The van der Waals surface area contributed by atoms with Gasteiger partial charge >= 0.3 is 0 Å².